The van der Waals surface area contributed by atoms with E-state index in [-0.39, 0.29) is 33.6 Å². The predicted molar refractivity (Wildman–Crippen MR) is 146 cm³/mol. The Bertz CT molecular complexity index is 1680. The average molecular weight is 569 g/mol. The first-order chi connectivity index (χ1) is 19.0. The smallest absolute Gasteiger partial charge is 0.341 e. The molecule has 0 bridgehead atoms. The lowest BCUT2D eigenvalue weighted by molar-refractivity contribution is 0.0694. The first-order valence-electron chi connectivity index (χ1n) is 13.1. The summed E-state index contributed by atoms with van der Waals surface area (Å²) in [7, 11) is -4.02. The first-order valence-corrected chi connectivity index (χ1v) is 14.5. The summed E-state index contributed by atoms with van der Waals surface area (Å²) in [6.07, 6.45) is 5.15. The van der Waals surface area contributed by atoms with Crippen LogP contribution in [0.3, 0.4) is 0 Å². The van der Waals surface area contributed by atoms with Gasteiger partial charge in [0.05, 0.1) is 21.5 Å². The van der Waals surface area contributed by atoms with Crippen molar-refractivity contribution in [3.8, 4) is 6.07 Å². The molecule has 3 fully saturated rings. The molecule has 3 N–H and O–H groups in total. The van der Waals surface area contributed by atoms with Crippen molar-refractivity contribution in [2.75, 3.05) is 24.5 Å². The number of pyridine rings is 1. The van der Waals surface area contributed by atoms with Crippen LogP contribution in [0.4, 0.5) is 10.1 Å². The number of piperidine rings is 1. The number of nitrogens with one attached hydrogen (secondary N) is 1. The van der Waals surface area contributed by atoms with Gasteiger partial charge in [-0.25, -0.2) is 9.18 Å². The molecule has 2 atom stereocenters. The largest absolute Gasteiger partial charge is 0.477 e. The Morgan fingerprint density at radius 2 is 1.88 bits per heavy atom. The molecule has 40 heavy (non-hydrogen) atoms. The molecule has 1 aliphatic carbocycles. The summed E-state index contributed by atoms with van der Waals surface area (Å²) < 4.78 is 46.5. The average Bonchev–Trinajstić information content (AvgIpc) is 3.66. The normalized spacial score (nSPS) is 20.4. The Morgan fingerprint density at radius 1 is 1.18 bits per heavy atom. The lowest BCUT2D eigenvalue weighted by Crippen LogP contribution is -2.40. The number of aryl methyl sites for hydroxylation is 1. The van der Waals surface area contributed by atoms with E-state index in [1.54, 1.807) is 16.7 Å². The number of halogens is 1. The van der Waals surface area contributed by atoms with Crippen LogP contribution in [0.15, 0.2) is 46.2 Å². The summed E-state index contributed by atoms with van der Waals surface area (Å²) in [5.41, 5.74) is 0.522. The number of hydrogen-bond acceptors (Lipinski definition) is 7. The van der Waals surface area contributed by atoms with Crippen LogP contribution in [0.25, 0.3) is 10.9 Å². The first kappa shape index (κ1) is 27.8. The van der Waals surface area contributed by atoms with E-state index in [1.807, 2.05) is 11.8 Å². The van der Waals surface area contributed by atoms with Gasteiger partial charge in [-0.2, -0.15) is 13.7 Å². The fraction of sp³-hybridized carbons (Fsp3) is 0.393. The number of aromatic nitrogens is 1. The Hall–Kier alpha value is -3.79. The van der Waals surface area contributed by atoms with Crippen molar-refractivity contribution >= 4 is 32.7 Å². The van der Waals surface area contributed by atoms with Gasteiger partial charge in [-0.3, -0.25) is 9.35 Å². The Labute approximate surface area is 230 Å². The summed E-state index contributed by atoms with van der Waals surface area (Å²) in [6, 6.07) is 9.54. The minimum Gasteiger partial charge on any atom is -0.477 e. The maximum atomic E-state index is 15.2. The number of carbonyl (C=O) groups is 1. The number of nitriles is 1. The Balaban J connectivity index is 0.000000248. The molecule has 6 rings (SSSR count). The summed E-state index contributed by atoms with van der Waals surface area (Å²) in [5.74, 6) is -1.58. The van der Waals surface area contributed by atoms with Crippen LogP contribution in [0.1, 0.15) is 53.2 Å². The highest BCUT2D eigenvalue weighted by Gasteiger charge is 2.37. The number of fused-ring (bicyclic) bond motifs is 2. The second-order valence-corrected chi connectivity index (χ2v) is 12.0. The van der Waals surface area contributed by atoms with Gasteiger partial charge in [0.2, 0.25) is 5.43 Å². The Morgan fingerprint density at radius 3 is 2.45 bits per heavy atom. The third-order valence-corrected chi connectivity index (χ3v) is 8.63. The van der Waals surface area contributed by atoms with E-state index < -0.39 is 32.9 Å². The van der Waals surface area contributed by atoms with Crippen LogP contribution >= 0.6 is 0 Å². The van der Waals surface area contributed by atoms with Gasteiger partial charge in [0.1, 0.15) is 23.0 Å². The molecule has 12 heteroatoms. The van der Waals surface area contributed by atoms with Crippen LogP contribution < -0.4 is 15.6 Å². The molecular formula is C28H29FN4O6S. The third-order valence-electron chi connectivity index (χ3n) is 7.76. The molecule has 2 aromatic carbocycles. The van der Waals surface area contributed by atoms with Crippen LogP contribution in [0.5, 0.6) is 0 Å². The second kappa shape index (κ2) is 10.6. The number of carboxylic acid groups (broad SMARTS) is 1. The molecule has 0 unspecified atom stereocenters. The molecule has 2 saturated heterocycles. The van der Waals surface area contributed by atoms with Crippen molar-refractivity contribution in [3.05, 3.63) is 69.3 Å². The lowest BCUT2D eigenvalue weighted by atomic mass is 9.94. The fourth-order valence-electron chi connectivity index (χ4n) is 5.63. The topological polar surface area (TPSA) is 153 Å². The number of carboxylic acids is 1. The summed E-state index contributed by atoms with van der Waals surface area (Å²) in [5, 5.41) is 22.8. The SMILES string of the molecule is Cc1ccc(S(=O)(=O)O)cc1.N#Cc1c(N2C[C@@H]3CCCN[C@@H]3C2)c(F)cc2c(=O)c(C(=O)O)cn(C3CC3)c12. The van der Waals surface area contributed by atoms with Gasteiger partial charge in [0.15, 0.2) is 0 Å². The van der Waals surface area contributed by atoms with E-state index in [0.717, 1.165) is 43.9 Å². The van der Waals surface area contributed by atoms with Crippen molar-refractivity contribution in [3.63, 3.8) is 0 Å². The molecular weight excluding hydrogens is 539 g/mol. The maximum Gasteiger partial charge on any atom is 0.341 e. The van der Waals surface area contributed by atoms with E-state index in [4.69, 9.17) is 4.55 Å². The molecule has 0 radical (unpaired) electrons. The number of aromatic carboxylic acids is 1. The van der Waals surface area contributed by atoms with Crippen LogP contribution in [-0.4, -0.2) is 54.3 Å². The van der Waals surface area contributed by atoms with Crippen molar-refractivity contribution < 1.29 is 27.3 Å². The van der Waals surface area contributed by atoms with E-state index in [2.05, 4.69) is 11.4 Å². The molecule has 1 aromatic heterocycles. The lowest BCUT2D eigenvalue weighted by Gasteiger charge is -2.24. The molecule has 0 spiro atoms. The van der Waals surface area contributed by atoms with E-state index in [0.29, 0.717) is 24.5 Å². The number of nitrogens with zero attached hydrogens (tertiary/aromatic N) is 3. The van der Waals surface area contributed by atoms with Crippen molar-refractivity contribution in [1.82, 2.24) is 9.88 Å². The minimum absolute atomic E-state index is 0.0319. The standard InChI is InChI=1S/C21H21FN4O3.C7H8O3S/c22-16-6-13-18(26(12-3-4-12)9-15(20(13)27)21(28)29)14(7-23)19(16)25-8-11-2-1-5-24-17(11)10-25;1-6-2-4-7(5-3-6)11(8,9)10/h6,9,11-12,17,24H,1-5,8,10H2,(H,28,29);2-5H,1H3,(H,8,9,10)/t11-,17+;/m0./s1. The number of anilines is 1. The van der Waals surface area contributed by atoms with E-state index in [1.165, 1.54) is 18.3 Å². The Kier molecular flexibility index (Phi) is 7.39. The van der Waals surface area contributed by atoms with Gasteiger partial charge < -0.3 is 19.9 Å². The maximum absolute atomic E-state index is 15.2. The zero-order chi connectivity index (χ0) is 28.8. The highest BCUT2D eigenvalue weighted by Crippen LogP contribution is 2.41. The van der Waals surface area contributed by atoms with E-state index in [9.17, 15) is 28.4 Å². The monoisotopic (exact) mass is 568 g/mol. The summed E-state index contributed by atoms with van der Waals surface area (Å²) >= 11 is 0. The number of hydrogen-bond donors (Lipinski definition) is 3. The summed E-state index contributed by atoms with van der Waals surface area (Å²) in [6.45, 7) is 4.06. The zero-order valence-electron chi connectivity index (χ0n) is 21.8. The highest BCUT2D eigenvalue weighted by atomic mass is 32.2. The van der Waals surface area contributed by atoms with Gasteiger partial charge in [-0.15, -0.1) is 0 Å². The molecule has 10 nitrogen and oxygen atoms in total. The predicted octanol–water partition coefficient (Wildman–Crippen LogP) is 3.48. The van der Waals surface area contributed by atoms with Gasteiger partial charge in [0, 0.05) is 31.4 Å². The quantitative estimate of drug-likeness (QED) is 0.402. The molecule has 3 aliphatic rings. The number of benzene rings is 2. The van der Waals surface area contributed by atoms with Gasteiger partial charge >= 0.3 is 5.97 Å². The summed E-state index contributed by atoms with van der Waals surface area (Å²) in [4.78, 5) is 26.1. The fourth-order valence-corrected chi connectivity index (χ4v) is 6.11. The minimum atomic E-state index is -4.02. The molecule has 2 aliphatic heterocycles. The third kappa shape index (κ3) is 5.32. The second-order valence-electron chi connectivity index (χ2n) is 10.6. The molecule has 210 valence electrons. The van der Waals surface area contributed by atoms with Gasteiger partial charge in [-0.1, -0.05) is 17.7 Å². The number of rotatable bonds is 4. The van der Waals surface area contributed by atoms with Crippen LogP contribution in [0.2, 0.25) is 0 Å². The van der Waals surface area contributed by atoms with Crippen molar-refractivity contribution in [2.24, 2.45) is 5.92 Å². The van der Waals surface area contributed by atoms with Crippen LogP contribution in [0, 0.1) is 30.0 Å². The highest BCUT2D eigenvalue weighted by molar-refractivity contribution is 7.85. The van der Waals surface area contributed by atoms with Crippen molar-refractivity contribution in [2.45, 2.75) is 49.6 Å². The molecule has 3 aromatic rings. The zero-order valence-corrected chi connectivity index (χ0v) is 22.6. The van der Waals surface area contributed by atoms with Gasteiger partial charge in [0.25, 0.3) is 10.1 Å². The van der Waals surface area contributed by atoms with Gasteiger partial charge in [-0.05, 0) is 63.3 Å². The van der Waals surface area contributed by atoms with Crippen molar-refractivity contribution in [1.29, 1.82) is 5.26 Å². The van der Waals surface area contributed by atoms with Crippen LogP contribution in [-0.2, 0) is 10.1 Å². The van der Waals surface area contributed by atoms with E-state index >= 15 is 4.39 Å². The molecule has 0 amide bonds. The molecule has 3 heterocycles. The molecule has 1 saturated carbocycles.